The van der Waals surface area contributed by atoms with Gasteiger partial charge in [-0.3, -0.25) is 4.79 Å². The van der Waals surface area contributed by atoms with Gasteiger partial charge in [0.2, 0.25) is 0 Å². The Hall–Kier alpha value is -2.04. The predicted octanol–water partition coefficient (Wildman–Crippen LogP) is 3.12. The van der Waals surface area contributed by atoms with Crippen LogP contribution in [0, 0.1) is 0 Å². The number of carbonyl (C=O) groups is 2. The Balaban J connectivity index is 2.07. The van der Waals surface area contributed by atoms with Crippen LogP contribution in [0.25, 0.3) is 0 Å². The summed E-state index contributed by atoms with van der Waals surface area (Å²) in [5.74, 6) is 0.264. The molecule has 1 heterocycles. The van der Waals surface area contributed by atoms with Crippen LogP contribution in [-0.2, 0) is 0 Å². The molecule has 1 aromatic carbocycles. The van der Waals surface area contributed by atoms with Gasteiger partial charge in [0.25, 0.3) is 5.91 Å². The third-order valence-electron chi connectivity index (χ3n) is 4.65. The number of urea groups is 1. The second-order valence-electron chi connectivity index (χ2n) is 6.53. The summed E-state index contributed by atoms with van der Waals surface area (Å²) < 4.78 is 0. The molecule has 5 heteroatoms. The molecule has 2 N–H and O–H groups in total. The Morgan fingerprint density at radius 2 is 2.12 bits per heavy atom. The van der Waals surface area contributed by atoms with Gasteiger partial charge in [0.15, 0.2) is 0 Å². The van der Waals surface area contributed by atoms with Gasteiger partial charge in [0.1, 0.15) is 0 Å². The van der Waals surface area contributed by atoms with Crippen LogP contribution in [0.2, 0.25) is 0 Å². The van der Waals surface area contributed by atoms with E-state index in [1.165, 1.54) is 0 Å². The van der Waals surface area contributed by atoms with Gasteiger partial charge in [-0.25, -0.2) is 4.79 Å². The van der Waals surface area contributed by atoms with E-state index in [1.807, 2.05) is 36.9 Å². The zero-order chi connectivity index (χ0) is 17.5. The summed E-state index contributed by atoms with van der Waals surface area (Å²) in [7, 11) is 0. The number of rotatable bonds is 5. The van der Waals surface area contributed by atoms with E-state index in [1.54, 1.807) is 0 Å². The summed E-state index contributed by atoms with van der Waals surface area (Å²) in [5, 5.41) is 5.87. The van der Waals surface area contributed by atoms with Crippen LogP contribution in [0.1, 0.15) is 61.9 Å². The van der Waals surface area contributed by atoms with Crippen molar-refractivity contribution in [3.8, 4) is 0 Å². The lowest BCUT2D eigenvalue weighted by atomic mass is 9.89. The average Bonchev–Trinajstić information content (AvgIpc) is 2.62. The lowest BCUT2D eigenvalue weighted by Crippen LogP contribution is -2.44. The molecular weight excluding hydrogens is 302 g/mol. The number of likely N-dealkylation sites (tertiary alicyclic amines) is 1. The zero-order valence-electron chi connectivity index (χ0n) is 15.0. The summed E-state index contributed by atoms with van der Waals surface area (Å²) in [5.41, 5.74) is 1.84. The summed E-state index contributed by atoms with van der Waals surface area (Å²) in [6.07, 6.45) is 2.95. The maximum absolute atomic E-state index is 12.3. The lowest BCUT2D eigenvalue weighted by Gasteiger charge is -2.33. The molecule has 0 aliphatic carbocycles. The minimum atomic E-state index is -0.0254. The molecule has 0 bridgehead atoms. The molecule has 5 nitrogen and oxygen atoms in total. The molecule has 1 aromatic rings. The molecule has 0 saturated carbocycles. The fraction of sp³-hybridized carbons (Fsp3) is 0.579. The van der Waals surface area contributed by atoms with Crippen LogP contribution >= 0.6 is 0 Å². The number of benzene rings is 1. The van der Waals surface area contributed by atoms with Gasteiger partial charge >= 0.3 is 6.03 Å². The molecule has 3 amide bonds. The van der Waals surface area contributed by atoms with Crippen LogP contribution in [0.4, 0.5) is 4.79 Å². The van der Waals surface area contributed by atoms with Crippen molar-refractivity contribution in [1.29, 1.82) is 0 Å². The van der Waals surface area contributed by atoms with Crippen molar-refractivity contribution < 1.29 is 9.59 Å². The smallest absolute Gasteiger partial charge is 0.317 e. The molecule has 0 spiro atoms. The van der Waals surface area contributed by atoms with Crippen LogP contribution in [0.5, 0.6) is 0 Å². The first-order valence-electron chi connectivity index (χ1n) is 8.98. The van der Waals surface area contributed by atoms with E-state index >= 15 is 0 Å². The number of nitrogens with one attached hydrogen (secondary N) is 2. The predicted molar refractivity (Wildman–Crippen MR) is 96.3 cm³/mol. The van der Waals surface area contributed by atoms with Crippen LogP contribution in [0.3, 0.4) is 0 Å². The van der Waals surface area contributed by atoms with Gasteiger partial charge in [-0.15, -0.1) is 0 Å². The normalized spacial score (nSPS) is 18.8. The Labute approximate surface area is 144 Å². The van der Waals surface area contributed by atoms with Crippen molar-refractivity contribution in [2.45, 2.75) is 52.0 Å². The Kier molecular flexibility index (Phi) is 6.64. The first-order chi connectivity index (χ1) is 11.5. The second-order valence-corrected chi connectivity index (χ2v) is 6.53. The largest absolute Gasteiger partial charge is 0.350 e. The van der Waals surface area contributed by atoms with Gasteiger partial charge in [0, 0.05) is 37.2 Å². The molecule has 2 rings (SSSR count). The maximum Gasteiger partial charge on any atom is 0.317 e. The van der Waals surface area contributed by atoms with Crippen molar-refractivity contribution in [3.63, 3.8) is 0 Å². The molecule has 1 aliphatic rings. The highest BCUT2D eigenvalue weighted by atomic mass is 16.2. The maximum atomic E-state index is 12.3. The van der Waals surface area contributed by atoms with Crippen molar-refractivity contribution in [3.05, 3.63) is 35.4 Å². The van der Waals surface area contributed by atoms with E-state index in [2.05, 4.69) is 23.6 Å². The fourth-order valence-corrected chi connectivity index (χ4v) is 3.04. The Morgan fingerprint density at radius 3 is 2.83 bits per heavy atom. The van der Waals surface area contributed by atoms with Crippen LogP contribution < -0.4 is 10.6 Å². The lowest BCUT2D eigenvalue weighted by molar-refractivity contribution is 0.0939. The minimum Gasteiger partial charge on any atom is -0.350 e. The highest BCUT2D eigenvalue weighted by molar-refractivity contribution is 5.94. The summed E-state index contributed by atoms with van der Waals surface area (Å²) in [6, 6.07) is 8.00. The fourth-order valence-electron chi connectivity index (χ4n) is 3.04. The average molecular weight is 331 g/mol. The highest BCUT2D eigenvalue weighted by Crippen LogP contribution is 2.27. The number of amides is 3. The topological polar surface area (TPSA) is 61.4 Å². The Morgan fingerprint density at radius 1 is 1.33 bits per heavy atom. The van der Waals surface area contributed by atoms with E-state index in [0.717, 1.165) is 31.4 Å². The van der Waals surface area contributed by atoms with Crippen LogP contribution in [0.15, 0.2) is 24.3 Å². The van der Waals surface area contributed by atoms with E-state index in [0.29, 0.717) is 18.7 Å². The number of nitrogens with zero attached hydrogens (tertiary/aromatic N) is 1. The standard InChI is InChI=1S/C19H29N3O2/c1-4-14(3)21-18(23)16-9-6-8-15(12-16)17-10-7-11-22(13-17)19(24)20-5-2/h6,8-9,12,14,17H,4-5,7,10-11,13H2,1-3H3,(H,20,24)(H,21,23). The molecule has 1 fully saturated rings. The first-order valence-corrected chi connectivity index (χ1v) is 8.98. The minimum absolute atomic E-state index is 0.00729. The quantitative estimate of drug-likeness (QED) is 0.871. The van der Waals surface area contributed by atoms with E-state index in [4.69, 9.17) is 0 Å². The molecule has 2 unspecified atom stereocenters. The number of hydrogen-bond donors (Lipinski definition) is 2. The monoisotopic (exact) mass is 331 g/mol. The van der Waals surface area contributed by atoms with E-state index < -0.39 is 0 Å². The first kappa shape index (κ1) is 18.3. The number of piperidine rings is 1. The van der Waals surface area contributed by atoms with Gasteiger partial charge < -0.3 is 15.5 Å². The van der Waals surface area contributed by atoms with E-state index in [9.17, 15) is 9.59 Å². The molecule has 0 radical (unpaired) electrons. The Bertz CT molecular complexity index is 573. The molecule has 0 aromatic heterocycles. The molecule has 1 aliphatic heterocycles. The van der Waals surface area contributed by atoms with Crippen molar-refractivity contribution in [2.75, 3.05) is 19.6 Å². The second kappa shape index (κ2) is 8.71. The number of hydrogen-bond acceptors (Lipinski definition) is 2. The molecule has 1 saturated heterocycles. The summed E-state index contributed by atoms with van der Waals surface area (Å²) in [4.78, 5) is 26.3. The summed E-state index contributed by atoms with van der Waals surface area (Å²) in [6.45, 7) is 8.15. The van der Waals surface area contributed by atoms with Crippen molar-refractivity contribution >= 4 is 11.9 Å². The van der Waals surface area contributed by atoms with Gasteiger partial charge in [-0.1, -0.05) is 19.1 Å². The summed E-state index contributed by atoms with van der Waals surface area (Å²) >= 11 is 0. The van der Waals surface area contributed by atoms with Gasteiger partial charge in [-0.05, 0) is 50.8 Å². The van der Waals surface area contributed by atoms with Gasteiger partial charge in [0.05, 0.1) is 0 Å². The third kappa shape index (κ3) is 4.73. The van der Waals surface area contributed by atoms with Crippen molar-refractivity contribution in [2.24, 2.45) is 0 Å². The molecule has 2 atom stereocenters. The van der Waals surface area contributed by atoms with Crippen LogP contribution in [-0.4, -0.2) is 42.5 Å². The molecular formula is C19H29N3O2. The van der Waals surface area contributed by atoms with E-state index in [-0.39, 0.29) is 23.9 Å². The van der Waals surface area contributed by atoms with Crippen molar-refractivity contribution in [1.82, 2.24) is 15.5 Å². The molecule has 132 valence electrons. The SMILES string of the molecule is CCNC(=O)N1CCCC(c2cccc(C(=O)NC(C)CC)c2)C1. The third-order valence-corrected chi connectivity index (χ3v) is 4.65. The number of carbonyl (C=O) groups excluding carboxylic acids is 2. The highest BCUT2D eigenvalue weighted by Gasteiger charge is 2.25. The molecule has 24 heavy (non-hydrogen) atoms. The zero-order valence-corrected chi connectivity index (χ0v) is 15.0. The van der Waals surface area contributed by atoms with Gasteiger partial charge in [-0.2, -0.15) is 0 Å².